The van der Waals surface area contributed by atoms with Gasteiger partial charge < -0.3 is 19.9 Å². The van der Waals surface area contributed by atoms with Gasteiger partial charge in [0, 0.05) is 38.7 Å². The van der Waals surface area contributed by atoms with Gasteiger partial charge in [0.05, 0.1) is 31.6 Å². The second-order valence-corrected chi connectivity index (χ2v) is 8.08. The van der Waals surface area contributed by atoms with Gasteiger partial charge in [0.1, 0.15) is 18.8 Å². The van der Waals surface area contributed by atoms with Crippen LogP contribution in [-0.4, -0.2) is 79.2 Å². The minimum absolute atomic E-state index is 0.0164. The molecule has 2 N–H and O–H groups in total. The fourth-order valence-corrected chi connectivity index (χ4v) is 3.24. The Bertz CT molecular complexity index is 630. The summed E-state index contributed by atoms with van der Waals surface area (Å²) in [5.74, 6) is 0.373. The molecule has 1 aromatic heterocycles. The van der Waals surface area contributed by atoms with E-state index in [-0.39, 0.29) is 11.8 Å². The molecule has 1 saturated heterocycles. The summed E-state index contributed by atoms with van der Waals surface area (Å²) in [6.07, 6.45) is 5.25. The number of quaternary nitrogens is 1. The number of hydrogen-bond acceptors (Lipinski definition) is 5. The van der Waals surface area contributed by atoms with E-state index < -0.39 is 0 Å². The van der Waals surface area contributed by atoms with Gasteiger partial charge >= 0.3 is 0 Å². The lowest BCUT2D eigenvalue weighted by atomic mass is 10.1. The van der Waals surface area contributed by atoms with E-state index in [0.717, 1.165) is 51.4 Å². The highest BCUT2D eigenvalue weighted by Gasteiger charge is 2.20. The zero-order valence-electron chi connectivity index (χ0n) is 18.1. The number of morpholine rings is 1. The van der Waals surface area contributed by atoms with Crippen LogP contribution in [0.25, 0.3) is 0 Å². The number of nitrogens with zero attached hydrogens (tertiary/aromatic N) is 3. The Morgan fingerprint density at radius 3 is 2.62 bits per heavy atom. The van der Waals surface area contributed by atoms with Crippen molar-refractivity contribution in [1.82, 2.24) is 20.2 Å². The first-order valence-electron chi connectivity index (χ1n) is 10.7. The molecule has 1 aromatic rings. The first-order valence-corrected chi connectivity index (χ1v) is 10.7. The summed E-state index contributed by atoms with van der Waals surface area (Å²) >= 11 is 0. The van der Waals surface area contributed by atoms with Gasteiger partial charge in [0.25, 0.3) is 5.91 Å². The summed E-state index contributed by atoms with van der Waals surface area (Å²) in [7, 11) is 0. The van der Waals surface area contributed by atoms with Crippen molar-refractivity contribution in [2.24, 2.45) is 5.92 Å². The van der Waals surface area contributed by atoms with E-state index in [4.69, 9.17) is 4.74 Å². The first-order chi connectivity index (χ1) is 14.0. The Balaban J connectivity index is 1.88. The molecule has 1 aliphatic rings. The van der Waals surface area contributed by atoms with Crippen molar-refractivity contribution in [3.8, 4) is 0 Å². The van der Waals surface area contributed by atoms with Crippen molar-refractivity contribution in [1.29, 1.82) is 0 Å². The number of aromatic nitrogens is 2. The Labute approximate surface area is 174 Å². The second-order valence-electron chi connectivity index (χ2n) is 8.08. The van der Waals surface area contributed by atoms with E-state index in [1.807, 2.05) is 6.92 Å². The normalized spacial score (nSPS) is 14.8. The van der Waals surface area contributed by atoms with Crippen LogP contribution in [0.2, 0.25) is 0 Å². The van der Waals surface area contributed by atoms with Crippen LogP contribution in [0.5, 0.6) is 0 Å². The average Bonchev–Trinajstić information content (AvgIpc) is 2.71. The van der Waals surface area contributed by atoms with Crippen LogP contribution in [0.15, 0.2) is 12.4 Å². The quantitative estimate of drug-likeness (QED) is 0.544. The number of carbonyl (C=O) groups is 2. The van der Waals surface area contributed by atoms with Gasteiger partial charge in [-0.25, -0.2) is 4.98 Å². The molecular weight excluding hydrogens is 370 g/mol. The van der Waals surface area contributed by atoms with Gasteiger partial charge in [0.2, 0.25) is 5.91 Å². The average molecular weight is 407 g/mol. The third-order valence-corrected chi connectivity index (χ3v) is 5.10. The highest BCUT2D eigenvalue weighted by atomic mass is 16.5. The molecule has 0 aromatic carbocycles. The third kappa shape index (κ3) is 8.87. The molecule has 2 rings (SSSR count). The zero-order chi connectivity index (χ0) is 21.1. The van der Waals surface area contributed by atoms with E-state index in [0.29, 0.717) is 37.7 Å². The predicted molar refractivity (Wildman–Crippen MR) is 111 cm³/mol. The van der Waals surface area contributed by atoms with Crippen LogP contribution in [0.3, 0.4) is 0 Å². The summed E-state index contributed by atoms with van der Waals surface area (Å²) in [4.78, 5) is 36.7. The standard InChI is InChI=1S/C21H35N5O3/c1-17(2)5-7-22-20(27)6-10-26(9-4-8-25-11-13-29-14-12-25)21(28)19-16-23-18(3)15-24-19/h15-17H,4-14H2,1-3H3,(H,22,27)/p+1. The Morgan fingerprint density at radius 1 is 1.21 bits per heavy atom. The maximum Gasteiger partial charge on any atom is 0.274 e. The monoisotopic (exact) mass is 406 g/mol. The number of nitrogens with one attached hydrogen (secondary N) is 2. The van der Waals surface area contributed by atoms with Gasteiger partial charge in [0.15, 0.2) is 0 Å². The number of rotatable bonds is 11. The molecule has 1 aliphatic heterocycles. The van der Waals surface area contributed by atoms with Gasteiger partial charge in [-0.15, -0.1) is 0 Å². The number of ether oxygens (including phenoxy) is 1. The number of amides is 2. The van der Waals surface area contributed by atoms with Crippen LogP contribution < -0.4 is 10.2 Å². The van der Waals surface area contributed by atoms with Crippen molar-refractivity contribution in [3.05, 3.63) is 23.8 Å². The minimum atomic E-state index is -0.163. The van der Waals surface area contributed by atoms with Gasteiger partial charge in [-0.2, -0.15) is 0 Å². The fourth-order valence-electron chi connectivity index (χ4n) is 3.24. The van der Waals surface area contributed by atoms with Gasteiger partial charge in [-0.1, -0.05) is 13.8 Å². The molecule has 0 atom stereocenters. The molecule has 2 heterocycles. The summed E-state index contributed by atoms with van der Waals surface area (Å²) in [5.41, 5.74) is 1.10. The molecule has 2 amide bonds. The minimum Gasteiger partial charge on any atom is -0.370 e. The van der Waals surface area contributed by atoms with Crippen molar-refractivity contribution < 1.29 is 19.2 Å². The topological polar surface area (TPSA) is 88.9 Å². The first kappa shape index (κ1) is 23.2. The summed E-state index contributed by atoms with van der Waals surface area (Å²) < 4.78 is 5.40. The molecule has 1 fully saturated rings. The molecule has 0 aliphatic carbocycles. The predicted octanol–water partition coefficient (Wildman–Crippen LogP) is 0.0848. The van der Waals surface area contributed by atoms with E-state index in [1.54, 1.807) is 11.1 Å². The van der Waals surface area contributed by atoms with Gasteiger partial charge in [-0.05, 0) is 19.3 Å². The molecule has 8 nitrogen and oxygen atoms in total. The lowest BCUT2D eigenvalue weighted by Crippen LogP contribution is -3.14. The van der Waals surface area contributed by atoms with Crippen LogP contribution >= 0.6 is 0 Å². The molecule has 0 radical (unpaired) electrons. The van der Waals surface area contributed by atoms with Gasteiger partial charge in [-0.3, -0.25) is 14.6 Å². The van der Waals surface area contributed by atoms with Crippen LogP contribution in [0, 0.1) is 12.8 Å². The van der Waals surface area contributed by atoms with E-state index in [2.05, 4.69) is 29.1 Å². The molecule has 0 spiro atoms. The molecule has 8 heteroatoms. The van der Waals surface area contributed by atoms with Crippen molar-refractivity contribution >= 4 is 11.8 Å². The van der Waals surface area contributed by atoms with Crippen LogP contribution in [0.4, 0.5) is 0 Å². The summed E-state index contributed by atoms with van der Waals surface area (Å²) in [6, 6.07) is 0. The van der Waals surface area contributed by atoms with Crippen LogP contribution in [-0.2, 0) is 9.53 Å². The Morgan fingerprint density at radius 2 is 1.97 bits per heavy atom. The lowest BCUT2D eigenvalue weighted by molar-refractivity contribution is -0.908. The fraction of sp³-hybridized carbons (Fsp3) is 0.714. The highest BCUT2D eigenvalue weighted by Crippen LogP contribution is 2.04. The van der Waals surface area contributed by atoms with E-state index in [9.17, 15) is 9.59 Å². The SMILES string of the molecule is Cc1cnc(C(=O)N(CCC[NH+]2CCOCC2)CCC(=O)NCCC(C)C)cn1. The second kappa shape index (κ2) is 12.5. The molecule has 0 saturated carbocycles. The van der Waals surface area contributed by atoms with E-state index >= 15 is 0 Å². The highest BCUT2D eigenvalue weighted by molar-refractivity contribution is 5.92. The smallest absolute Gasteiger partial charge is 0.274 e. The molecule has 0 bridgehead atoms. The molecule has 162 valence electrons. The lowest BCUT2D eigenvalue weighted by Gasteiger charge is -2.26. The van der Waals surface area contributed by atoms with Crippen molar-refractivity contribution in [2.45, 2.75) is 40.0 Å². The van der Waals surface area contributed by atoms with Crippen molar-refractivity contribution in [2.75, 3.05) is 52.5 Å². The largest absolute Gasteiger partial charge is 0.370 e. The summed E-state index contributed by atoms with van der Waals surface area (Å²) in [6.45, 7) is 12.4. The Kier molecular flexibility index (Phi) is 10.0. The number of carbonyl (C=O) groups excluding carboxylic acids is 2. The third-order valence-electron chi connectivity index (χ3n) is 5.10. The number of aryl methyl sites for hydroxylation is 1. The summed E-state index contributed by atoms with van der Waals surface area (Å²) in [5, 5.41) is 2.94. The molecule has 29 heavy (non-hydrogen) atoms. The van der Waals surface area contributed by atoms with Crippen LogP contribution in [0.1, 0.15) is 49.3 Å². The number of hydrogen-bond donors (Lipinski definition) is 2. The van der Waals surface area contributed by atoms with E-state index in [1.165, 1.54) is 11.1 Å². The van der Waals surface area contributed by atoms with Crippen molar-refractivity contribution in [3.63, 3.8) is 0 Å². The Hall–Kier alpha value is -2.06. The molecular formula is C21H36N5O3+. The molecule has 0 unspecified atom stereocenters. The maximum atomic E-state index is 12.9. The maximum absolute atomic E-state index is 12.9. The zero-order valence-corrected chi connectivity index (χ0v) is 18.1.